The topological polar surface area (TPSA) is 72.9 Å². The smallest absolute Gasteiger partial charge is 0.410 e. The van der Waals surface area contributed by atoms with E-state index in [2.05, 4.69) is 0 Å². The van der Waals surface area contributed by atoms with Crippen LogP contribution in [0.2, 0.25) is 0 Å². The van der Waals surface area contributed by atoms with Gasteiger partial charge in [0.2, 0.25) is 0 Å². The highest BCUT2D eigenvalue weighted by atomic mass is 32.2. The van der Waals surface area contributed by atoms with Crippen molar-refractivity contribution in [2.45, 2.75) is 38.2 Å². The van der Waals surface area contributed by atoms with Crippen molar-refractivity contribution < 1.29 is 22.1 Å². The summed E-state index contributed by atoms with van der Waals surface area (Å²) in [5.74, 6) is 0.190. The molecule has 2 aliphatic rings. The molecule has 0 atom stereocenters. The largest absolute Gasteiger partial charge is 0.443 e. The molecular formula is C12H21NO5S. The summed E-state index contributed by atoms with van der Waals surface area (Å²) in [5, 5.41) is 0. The molecule has 0 N–H and O–H groups in total. The first-order valence-electron chi connectivity index (χ1n) is 6.60. The van der Waals surface area contributed by atoms with Gasteiger partial charge in [-0.15, -0.1) is 0 Å². The molecule has 0 unspecified atom stereocenters. The number of piperidine rings is 1. The van der Waals surface area contributed by atoms with Gasteiger partial charge in [-0.2, -0.15) is 8.42 Å². The molecule has 6 nitrogen and oxygen atoms in total. The summed E-state index contributed by atoms with van der Waals surface area (Å²) >= 11 is 0. The average Bonchev–Trinajstić information content (AvgIpc) is 3.04. The Morgan fingerprint density at radius 3 is 2.37 bits per heavy atom. The lowest BCUT2D eigenvalue weighted by Gasteiger charge is -2.31. The third kappa shape index (κ3) is 4.65. The highest BCUT2D eigenvalue weighted by Gasteiger charge is 2.43. The van der Waals surface area contributed by atoms with Crippen LogP contribution >= 0.6 is 0 Å². The number of carbonyl (C=O) groups is 1. The minimum Gasteiger partial charge on any atom is -0.443 e. The first-order valence-corrected chi connectivity index (χ1v) is 8.41. The Labute approximate surface area is 114 Å². The molecule has 0 radical (unpaired) electrons. The molecular weight excluding hydrogens is 270 g/mol. The summed E-state index contributed by atoms with van der Waals surface area (Å²) in [7, 11) is -3.37. The Balaban J connectivity index is 1.71. The van der Waals surface area contributed by atoms with E-state index in [0.29, 0.717) is 13.1 Å². The Kier molecular flexibility index (Phi) is 4.06. The maximum atomic E-state index is 11.9. The van der Waals surface area contributed by atoms with Crippen molar-refractivity contribution in [3.05, 3.63) is 0 Å². The number of hydrogen-bond acceptors (Lipinski definition) is 5. The van der Waals surface area contributed by atoms with E-state index in [1.807, 2.05) is 6.92 Å². The van der Waals surface area contributed by atoms with Crippen LogP contribution in [0.25, 0.3) is 0 Å². The highest BCUT2D eigenvalue weighted by Crippen LogP contribution is 2.39. The lowest BCUT2D eigenvalue weighted by atomic mass is 9.98. The van der Waals surface area contributed by atoms with Gasteiger partial charge < -0.3 is 9.64 Å². The van der Waals surface area contributed by atoms with E-state index in [-0.39, 0.29) is 24.2 Å². The van der Waals surface area contributed by atoms with Crippen LogP contribution < -0.4 is 0 Å². The molecule has 7 heteroatoms. The van der Waals surface area contributed by atoms with Crippen molar-refractivity contribution in [3.8, 4) is 0 Å². The van der Waals surface area contributed by atoms with Crippen LogP contribution in [-0.2, 0) is 19.0 Å². The van der Waals surface area contributed by atoms with E-state index >= 15 is 0 Å². The van der Waals surface area contributed by atoms with Crippen molar-refractivity contribution in [1.29, 1.82) is 0 Å². The van der Waals surface area contributed by atoms with Crippen LogP contribution in [0.1, 0.15) is 32.6 Å². The molecule has 19 heavy (non-hydrogen) atoms. The molecule has 110 valence electrons. The van der Waals surface area contributed by atoms with Gasteiger partial charge in [0.15, 0.2) is 0 Å². The summed E-state index contributed by atoms with van der Waals surface area (Å²) in [6, 6.07) is 0. The maximum Gasteiger partial charge on any atom is 0.410 e. The van der Waals surface area contributed by atoms with Crippen molar-refractivity contribution in [2.75, 3.05) is 26.0 Å². The first-order chi connectivity index (χ1) is 8.77. The van der Waals surface area contributed by atoms with Crippen molar-refractivity contribution >= 4 is 16.2 Å². The molecule has 0 aromatic heterocycles. The van der Waals surface area contributed by atoms with Crippen molar-refractivity contribution in [2.24, 2.45) is 5.92 Å². The van der Waals surface area contributed by atoms with E-state index in [4.69, 9.17) is 8.92 Å². The average molecular weight is 291 g/mol. The molecule has 0 spiro atoms. The fourth-order valence-corrected chi connectivity index (χ4v) is 2.50. The number of rotatable bonds is 4. The summed E-state index contributed by atoms with van der Waals surface area (Å²) < 4.78 is 32.0. The quantitative estimate of drug-likeness (QED) is 0.731. The van der Waals surface area contributed by atoms with Gasteiger partial charge in [0.1, 0.15) is 5.60 Å². The third-order valence-corrected chi connectivity index (χ3v) is 4.24. The number of carbonyl (C=O) groups excluding carboxylic acids is 1. The second-order valence-electron chi connectivity index (χ2n) is 5.74. The predicted molar refractivity (Wildman–Crippen MR) is 69.2 cm³/mol. The van der Waals surface area contributed by atoms with Gasteiger partial charge in [-0.05, 0) is 38.5 Å². The lowest BCUT2D eigenvalue weighted by Crippen LogP contribution is -2.41. The van der Waals surface area contributed by atoms with Crippen LogP contribution in [-0.4, -0.2) is 51.0 Å². The minimum absolute atomic E-state index is 0.190. The number of nitrogens with zero attached hydrogens (tertiary/aromatic N) is 1. The van der Waals surface area contributed by atoms with Gasteiger partial charge in [-0.1, -0.05) is 0 Å². The standard InChI is InChI=1S/C12H21NO5S/c1-12(5-6-12)18-11(14)13-7-3-10(4-8-13)9-17-19(2,15)16/h10H,3-9H2,1-2H3. The molecule has 1 amide bonds. The second kappa shape index (κ2) is 5.28. The third-order valence-electron chi connectivity index (χ3n) is 3.68. The Hall–Kier alpha value is -0.820. The molecule has 0 aromatic carbocycles. The van der Waals surface area contributed by atoms with Gasteiger partial charge in [0.05, 0.1) is 12.9 Å². The van der Waals surface area contributed by atoms with Gasteiger partial charge >= 0.3 is 6.09 Å². The SMILES string of the molecule is CC1(OC(=O)N2CCC(COS(C)(=O)=O)CC2)CC1. The van der Waals surface area contributed by atoms with Crippen LogP contribution in [0.5, 0.6) is 0 Å². The van der Waals surface area contributed by atoms with E-state index in [0.717, 1.165) is 31.9 Å². The molecule has 1 saturated carbocycles. The first kappa shape index (κ1) is 14.6. The van der Waals surface area contributed by atoms with Crippen LogP contribution in [0, 0.1) is 5.92 Å². The van der Waals surface area contributed by atoms with E-state index in [9.17, 15) is 13.2 Å². The normalized spacial score (nSPS) is 23.2. The molecule has 1 heterocycles. The Bertz CT molecular complexity index is 435. The maximum absolute atomic E-state index is 11.9. The summed E-state index contributed by atoms with van der Waals surface area (Å²) in [5.41, 5.74) is -0.243. The van der Waals surface area contributed by atoms with Crippen LogP contribution in [0.3, 0.4) is 0 Å². The summed E-state index contributed by atoms with van der Waals surface area (Å²) in [6.45, 7) is 3.36. The molecule has 2 fully saturated rings. The zero-order valence-electron chi connectivity index (χ0n) is 11.4. The number of amides is 1. The molecule has 0 aromatic rings. The highest BCUT2D eigenvalue weighted by molar-refractivity contribution is 7.85. The van der Waals surface area contributed by atoms with E-state index in [1.165, 1.54) is 0 Å². The monoisotopic (exact) mass is 291 g/mol. The van der Waals surface area contributed by atoms with Crippen LogP contribution in [0.15, 0.2) is 0 Å². The number of likely N-dealkylation sites (tertiary alicyclic amines) is 1. The van der Waals surface area contributed by atoms with Gasteiger partial charge in [0.25, 0.3) is 10.1 Å². The summed E-state index contributed by atoms with van der Waals surface area (Å²) in [6.07, 6.45) is 4.19. The Morgan fingerprint density at radius 1 is 1.32 bits per heavy atom. The summed E-state index contributed by atoms with van der Waals surface area (Å²) in [4.78, 5) is 13.5. The number of ether oxygens (including phenoxy) is 1. The zero-order chi connectivity index (χ0) is 14.1. The molecule has 1 aliphatic carbocycles. The van der Waals surface area contributed by atoms with Crippen LogP contribution in [0.4, 0.5) is 4.79 Å². The molecule has 2 rings (SSSR count). The molecule has 1 saturated heterocycles. The van der Waals surface area contributed by atoms with E-state index < -0.39 is 10.1 Å². The van der Waals surface area contributed by atoms with Gasteiger partial charge in [-0.3, -0.25) is 4.18 Å². The van der Waals surface area contributed by atoms with Gasteiger partial charge in [0, 0.05) is 13.1 Å². The zero-order valence-corrected chi connectivity index (χ0v) is 12.2. The van der Waals surface area contributed by atoms with E-state index in [1.54, 1.807) is 4.90 Å². The molecule has 1 aliphatic heterocycles. The fraction of sp³-hybridized carbons (Fsp3) is 0.917. The Morgan fingerprint density at radius 2 is 1.89 bits per heavy atom. The predicted octanol–water partition coefficient (Wildman–Crippen LogP) is 1.36. The molecule has 0 bridgehead atoms. The van der Waals surface area contributed by atoms with Crippen molar-refractivity contribution in [1.82, 2.24) is 4.90 Å². The second-order valence-corrected chi connectivity index (χ2v) is 7.38. The lowest BCUT2D eigenvalue weighted by molar-refractivity contribution is 0.0458. The minimum atomic E-state index is -3.37. The van der Waals surface area contributed by atoms with Gasteiger partial charge in [-0.25, -0.2) is 4.79 Å². The fourth-order valence-electron chi connectivity index (χ4n) is 2.06. The number of hydrogen-bond donors (Lipinski definition) is 0. The van der Waals surface area contributed by atoms with Crippen molar-refractivity contribution in [3.63, 3.8) is 0 Å².